The van der Waals surface area contributed by atoms with E-state index in [1.165, 1.54) is 25.0 Å². The fourth-order valence-electron chi connectivity index (χ4n) is 1.47. The summed E-state index contributed by atoms with van der Waals surface area (Å²) >= 11 is 0. The van der Waals surface area contributed by atoms with E-state index in [2.05, 4.69) is 21.8 Å². The first-order chi connectivity index (χ1) is 6.40. The van der Waals surface area contributed by atoms with Gasteiger partial charge < -0.3 is 9.88 Å². The molecular weight excluding hydrogens is 162 g/mol. The zero-order valence-corrected chi connectivity index (χ0v) is 8.16. The SMILES string of the molecule is CCCn1cncc1CNC1CC1. The van der Waals surface area contributed by atoms with E-state index < -0.39 is 0 Å². The molecule has 0 amide bonds. The predicted octanol–water partition coefficient (Wildman–Crippen LogP) is 1.55. The molecule has 2 rings (SSSR count). The van der Waals surface area contributed by atoms with Gasteiger partial charge in [-0.1, -0.05) is 6.92 Å². The van der Waals surface area contributed by atoms with Crippen LogP contribution in [0.1, 0.15) is 31.9 Å². The van der Waals surface area contributed by atoms with Gasteiger partial charge in [0.2, 0.25) is 0 Å². The topological polar surface area (TPSA) is 29.9 Å². The number of hydrogen-bond donors (Lipinski definition) is 1. The molecule has 1 saturated carbocycles. The molecule has 72 valence electrons. The van der Waals surface area contributed by atoms with Gasteiger partial charge in [-0.15, -0.1) is 0 Å². The second kappa shape index (κ2) is 3.92. The minimum Gasteiger partial charge on any atom is -0.333 e. The van der Waals surface area contributed by atoms with Crippen molar-refractivity contribution in [1.29, 1.82) is 0 Å². The van der Waals surface area contributed by atoms with E-state index in [1.807, 2.05) is 12.5 Å². The summed E-state index contributed by atoms with van der Waals surface area (Å²) in [6.45, 7) is 4.25. The fourth-order valence-corrected chi connectivity index (χ4v) is 1.47. The highest BCUT2D eigenvalue weighted by Crippen LogP contribution is 2.19. The van der Waals surface area contributed by atoms with Crippen molar-refractivity contribution >= 4 is 0 Å². The molecule has 0 atom stereocenters. The van der Waals surface area contributed by atoms with Crippen molar-refractivity contribution in [1.82, 2.24) is 14.9 Å². The van der Waals surface area contributed by atoms with Crippen LogP contribution in [0.3, 0.4) is 0 Å². The Hall–Kier alpha value is -0.830. The van der Waals surface area contributed by atoms with Crippen LogP contribution >= 0.6 is 0 Å². The van der Waals surface area contributed by atoms with Gasteiger partial charge in [-0.2, -0.15) is 0 Å². The lowest BCUT2D eigenvalue weighted by Crippen LogP contribution is -2.17. The zero-order chi connectivity index (χ0) is 9.10. The normalized spacial score (nSPS) is 16.4. The summed E-state index contributed by atoms with van der Waals surface area (Å²) in [6, 6.07) is 0.782. The molecule has 3 heteroatoms. The van der Waals surface area contributed by atoms with Gasteiger partial charge in [0.1, 0.15) is 0 Å². The summed E-state index contributed by atoms with van der Waals surface area (Å²) in [5, 5.41) is 3.50. The number of rotatable bonds is 5. The number of aromatic nitrogens is 2. The lowest BCUT2D eigenvalue weighted by Gasteiger charge is -2.06. The standard InChI is InChI=1S/C10H17N3/c1-2-5-13-8-11-6-10(13)7-12-9-3-4-9/h6,8-9,12H,2-5,7H2,1H3. The first-order valence-corrected chi connectivity index (χ1v) is 5.12. The minimum atomic E-state index is 0.782. The summed E-state index contributed by atoms with van der Waals surface area (Å²) in [7, 11) is 0. The number of nitrogens with one attached hydrogen (secondary N) is 1. The molecule has 1 aromatic rings. The van der Waals surface area contributed by atoms with Gasteiger partial charge in [0, 0.05) is 25.3 Å². The van der Waals surface area contributed by atoms with Crippen LogP contribution in [-0.2, 0) is 13.1 Å². The Kier molecular flexibility index (Phi) is 2.64. The number of imidazole rings is 1. The van der Waals surface area contributed by atoms with Gasteiger partial charge >= 0.3 is 0 Å². The molecule has 0 radical (unpaired) electrons. The minimum absolute atomic E-state index is 0.782. The lowest BCUT2D eigenvalue weighted by atomic mass is 10.4. The van der Waals surface area contributed by atoms with Crippen LogP contribution in [0.2, 0.25) is 0 Å². The molecule has 0 unspecified atom stereocenters. The quantitative estimate of drug-likeness (QED) is 0.743. The first-order valence-electron chi connectivity index (χ1n) is 5.12. The molecule has 1 fully saturated rings. The summed E-state index contributed by atoms with van der Waals surface area (Å²) in [6.07, 6.45) is 7.76. The zero-order valence-electron chi connectivity index (χ0n) is 8.16. The molecule has 0 aliphatic heterocycles. The van der Waals surface area contributed by atoms with E-state index >= 15 is 0 Å². The van der Waals surface area contributed by atoms with Crippen LogP contribution in [0.25, 0.3) is 0 Å². The predicted molar refractivity (Wildman–Crippen MR) is 52.4 cm³/mol. The van der Waals surface area contributed by atoms with E-state index in [9.17, 15) is 0 Å². The Morgan fingerprint density at radius 1 is 1.62 bits per heavy atom. The molecule has 13 heavy (non-hydrogen) atoms. The molecular formula is C10H17N3. The van der Waals surface area contributed by atoms with Crippen molar-refractivity contribution in [3.63, 3.8) is 0 Å². The number of hydrogen-bond acceptors (Lipinski definition) is 2. The molecule has 1 aliphatic carbocycles. The van der Waals surface area contributed by atoms with E-state index in [1.54, 1.807) is 0 Å². The second-order valence-electron chi connectivity index (χ2n) is 3.73. The lowest BCUT2D eigenvalue weighted by molar-refractivity contribution is 0.599. The molecule has 0 spiro atoms. The highest BCUT2D eigenvalue weighted by atomic mass is 15.1. The van der Waals surface area contributed by atoms with Crippen LogP contribution in [0.5, 0.6) is 0 Å². The summed E-state index contributed by atoms with van der Waals surface area (Å²) in [5.74, 6) is 0. The van der Waals surface area contributed by atoms with Crippen molar-refractivity contribution in [3.05, 3.63) is 18.2 Å². The van der Waals surface area contributed by atoms with E-state index in [0.29, 0.717) is 0 Å². The number of nitrogens with zero attached hydrogens (tertiary/aromatic N) is 2. The van der Waals surface area contributed by atoms with Gasteiger partial charge in [-0.05, 0) is 19.3 Å². The van der Waals surface area contributed by atoms with Gasteiger partial charge in [-0.25, -0.2) is 4.98 Å². The van der Waals surface area contributed by atoms with E-state index in [0.717, 1.165) is 19.1 Å². The summed E-state index contributed by atoms with van der Waals surface area (Å²) in [5.41, 5.74) is 1.31. The average molecular weight is 179 g/mol. The maximum Gasteiger partial charge on any atom is 0.0948 e. The Bertz CT molecular complexity index is 263. The van der Waals surface area contributed by atoms with Crippen molar-refractivity contribution in [2.45, 2.75) is 45.3 Å². The molecule has 1 aliphatic rings. The highest BCUT2D eigenvalue weighted by Gasteiger charge is 2.20. The molecule has 3 nitrogen and oxygen atoms in total. The van der Waals surface area contributed by atoms with Crippen molar-refractivity contribution < 1.29 is 0 Å². The molecule has 1 heterocycles. The van der Waals surface area contributed by atoms with Gasteiger partial charge in [0.15, 0.2) is 0 Å². The summed E-state index contributed by atoms with van der Waals surface area (Å²) < 4.78 is 2.23. The van der Waals surface area contributed by atoms with Gasteiger partial charge in [0.05, 0.1) is 12.0 Å². The highest BCUT2D eigenvalue weighted by molar-refractivity contribution is 4.99. The van der Waals surface area contributed by atoms with Crippen LogP contribution < -0.4 is 5.32 Å². The van der Waals surface area contributed by atoms with Crippen LogP contribution in [-0.4, -0.2) is 15.6 Å². The van der Waals surface area contributed by atoms with Crippen LogP contribution in [0.15, 0.2) is 12.5 Å². The van der Waals surface area contributed by atoms with E-state index in [4.69, 9.17) is 0 Å². The van der Waals surface area contributed by atoms with Gasteiger partial charge in [0.25, 0.3) is 0 Å². The molecule has 1 aromatic heterocycles. The summed E-state index contributed by atoms with van der Waals surface area (Å²) in [4.78, 5) is 4.16. The molecule has 0 aromatic carbocycles. The fraction of sp³-hybridized carbons (Fsp3) is 0.700. The Labute approximate surface area is 79.2 Å². The van der Waals surface area contributed by atoms with E-state index in [-0.39, 0.29) is 0 Å². The van der Waals surface area contributed by atoms with Gasteiger partial charge in [-0.3, -0.25) is 0 Å². The van der Waals surface area contributed by atoms with Crippen molar-refractivity contribution in [2.75, 3.05) is 0 Å². The molecule has 0 bridgehead atoms. The largest absolute Gasteiger partial charge is 0.333 e. The third-order valence-corrected chi connectivity index (χ3v) is 2.41. The Morgan fingerprint density at radius 3 is 3.15 bits per heavy atom. The first kappa shape index (κ1) is 8.75. The molecule has 1 N–H and O–H groups in total. The van der Waals surface area contributed by atoms with Crippen LogP contribution in [0.4, 0.5) is 0 Å². The maximum absolute atomic E-state index is 4.16. The Balaban J connectivity index is 1.88. The molecule has 0 saturated heterocycles. The second-order valence-corrected chi connectivity index (χ2v) is 3.73. The van der Waals surface area contributed by atoms with Crippen LogP contribution in [0, 0.1) is 0 Å². The average Bonchev–Trinajstić information content (AvgIpc) is 2.86. The van der Waals surface area contributed by atoms with Crippen molar-refractivity contribution in [3.8, 4) is 0 Å². The third-order valence-electron chi connectivity index (χ3n) is 2.41. The Morgan fingerprint density at radius 2 is 2.46 bits per heavy atom. The monoisotopic (exact) mass is 179 g/mol. The number of aryl methyl sites for hydroxylation is 1. The maximum atomic E-state index is 4.16. The van der Waals surface area contributed by atoms with Crippen molar-refractivity contribution in [2.24, 2.45) is 0 Å². The third kappa shape index (κ3) is 2.31. The smallest absolute Gasteiger partial charge is 0.0948 e.